The molecule has 0 bridgehead atoms. The van der Waals surface area contributed by atoms with Crippen LogP contribution in [-0.2, 0) is 9.53 Å². The second kappa shape index (κ2) is 9.68. The first-order valence-electron chi connectivity index (χ1n) is 9.60. The van der Waals surface area contributed by atoms with Gasteiger partial charge in [-0.1, -0.05) is 25.0 Å². The minimum atomic E-state index is -0.913. The van der Waals surface area contributed by atoms with Gasteiger partial charge in [0.1, 0.15) is 5.56 Å². The van der Waals surface area contributed by atoms with Gasteiger partial charge in [-0.15, -0.1) is 0 Å². The molecule has 8 nitrogen and oxygen atoms in total. The fourth-order valence-corrected chi connectivity index (χ4v) is 3.30. The monoisotopic (exact) mass is 397 g/mol. The number of carbonyl (C=O) groups is 2. The molecule has 1 aliphatic rings. The Labute approximate surface area is 168 Å². The normalized spacial score (nSPS) is 14.0. The van der Waals surface area contributed by atoms with Crippen molar-refractivity contribution >= 4 is 28.9 Å². The van der Waals surface area contributed by atoms with E-state index >= 15 is 0 Å². The summed E-state index contributed by atoms with van der Waals surface area (Å²) in [4.78, 5) is 36.8. The zero-order valence-electron chi connectivity index (χ0n) is 16.0. The predicted octanol–water partition coefficient (Wildman–Crippen LogP) is 3.77. The number of nitrogens with one attached hydrogen (secondary N) is 1. The van der Waals surface area contributed by atoms with Gasteiger partial charge < -0.3 is 15.0 Å². The highest BCUT2D eigenvalue weighted by Crippen LogP contribution is 2.22. The standard InChI is InChI=1S/C21H23N3O5/c25-20(15-29-21(26)18-7-3-4-8-19(18)24(27)28)22-16-9-11-17(12-10-16)23-13-5-1-2-6-14-23/h3-4,7-12H,1-2,5-6,13-15H2,(H,22,25). The number of carbonyl (C=O) groups excluding carboxylic acids is 2. The van der Waals surface area contributed by atoms with Gasteiger partial charge in [0.2, 0.25) is 0 Å². The van der Waals surface area contributed by atoms with Crippen molar-refractivity contribution in [1.29, 1.82) is 0 Å². The maximum Gasteiger partial charge on any atom is 0.345 e. The summed E-state index contributed by atoms with van der Waals surface area (Å²) in [6, 6.07) is 13.0. The van der Waals surface area contributed by atoms with Gasteiger partial charge in [0.05, 0.1) is 4.92 Å². The highest BCUT2D eigenvalue weighted by atomic mass is 16.6. The van der Waals surface area contributed by atoms with Crippen LogP contribution < -0.4 is 10.2 Å². The van der Waals surface area contributed by atoms with Gasteiger partial charge in [0, 0.05) is 30.5 Å². The molecule has 152 valence electrons. The molecule has 3 rings (SSSR count). The van der Waals surface area contributed by atoms with Crippen molar-refractivity contribution in [3.63, 3.8) is 0 Å². The Bertz CT molecular complexity index is 874. The Balaban J connectivity index is 1.53. The van der Waals surface area contributed by atoms with Crippen LogP contribution in [0.25, 0.3) is 0 Å². The van der Waals surface area contributed by atoms with E-state index in [1.807, 2.05) is 24.3 Å². The Morgan fingerprint density at radius 2 is 1.66 bits per heavy atom. The summed E-state index contributed by atoms with van der Waals surface area (Å²) in [5.41, 5.74) is 1.16. The molecule has 0 atom stereocenters. The van der Waals surface area contributed by atoms with E-state index in [2.05, 4.69) is 10.2 Å². The van der Waals surface area contributed by atoms with E-state index in [4.69, 9.17) is 4.74 Å². The number of hydrogen-bond acceptors (Lipinski definition) is 6. The summed E-state index contributed by atoms with van der Waals surface area (Å²) < 4.78 is 4.92. The highest BCUT2D eigenvalue weighted by Gasteiger charge is 2.21. The molecule has 0 saturated carbocycles. The van der Waals surface area contributed by atoms with Gasteiger partial charge in [-0.2, -0.15) is 0 Å². The summed E-state index contributed by atoms with van der Waals surface area (Å²) in [5, 5.41) is 13.6. The van der Waals surface area contributed by atoms with Crippen molar-refractivity contribution in [2.75, 3.05) is 29.9 Å². The average molecular weight is 397 g/mol. The van der Waals surface area contributed by atoms with E-state index in [0.717, 1.165) is 18.8 Å². The largest absolute Gasteiger partial charge is 0.452 e. The molecule has 0 radical (unpaired) electrons. The topological polar surface area (TPSA) is 102 Å². The van der Waals surface area contributed by atoms with Gasteiger partial charge in [-0.3, -0.25) is 14.9 Å². The molecule has 29 heavy (non-hydrogen) atoms. The molecular weight excluding hydrogens is 374 g/mol. The Kier molecular flexibility index (Phi) is 6.78. The molecule has 1 fully saturated rings. The third-order valence-corrected chi connectivity index (χ3v) is 4.78. The van der Waals surface area contributed by atoms with Crippen LogP contribution in [0.3, 0.4) is 0 Å². The lowest BCUT2D eigenvalue weighted by Crippen LogP contribution is -2.24. The van der Waals surface area contributed by atoms with Crippen molar-refractivity contribution in [3.8, 4) is 0 Å². The van der Waals surface area contributed by atoms with Crippen LogP contribution in [0.2, 0.25) is 0 Å². The molecule has 1 saturated heterocycles. The molecule has 1 N–H and O–H groups in total. The molecule has 1 aliphatic heterocycles. The van der Waals surface area contributed by atoms with E-state index in [1.165, 1.54) is 49.9 Å². The molecule has 2 aromatic carbocycles. The Hall–Kier alpha value is -3.42. The van der Waals surface area contributed by atoms with E-state index in [0.29, 0.717) is 5.69 Å². The Morgan fingerprint density at radius 1 is 1.00 bits per heavy atom. The minimum Gasteiger partial charge on any atom is -0.452 e. The molecular formula is C21H23N3O5. The first kappa shape index (κ1) is 20.3. The van der Waals surface area contributed by atoms with Crippen molar-refractivity contribution < 1.29 is 19.2 Å². The van der Waals surface area contributed by atoms with Gasteiger partial charge in [-0.05, 0) is 43.2 Å². The zero-order chi connectivity index (χ0) is 20.6. The second-order valence-electron chi connectivity index (χ2n) is 6.85. The molecule has 8 heteroatoms. The summed E-state index contributed by atoms with van der Waals surface area (Å²) in [6.07, 6.45) is 4.89. The maximum absolute atomic E-state index is 12.1. The van der Waals surface area contributed by atoms with Crippen LogP contribution in [0.4, 0.5) is 17.1 Å². The van der Waals surface area contributed by atoms with E-state index in [1.54, 1.807) is 0 Å². The van der Waals surface area contributed by atoms with Crippen LogP contribution in [0.5, 0.6) is 0 Å². The van der Waals surface area contributed by atoms with Gasteiger partial charge in [-0.25, -0.2) is 4.79 Å². The van der Waals surface area contributed by atoms with E-state index < -0.39 is 23.4 Å². The lowest BCUT2D eigenvalue weighted by Gasteiger charge is -2.22. The number of ether oxygens (including phenoxy) is 1. The van der Waals surface area contributed by atoms with Crippen molar-refractivity contribution in [1.82, 2.24) is 0 Å². The number of nitro benzene ring substituents is 1. The minimum absolute atomic E-state index is 0.188. The molecule has 0 spiro atoms. The summed E-state index contributed by atoms with van der Waals surface area (Å²) >= 11 is 0. The number of amides is 1. The predicted molar refractivity (Wildman–Crippen MR) is 109 cm³/mol. The Morgan fingerprint density at radius 3 is 2.31 bits per heavy atom. The fourth-order valence-electron chi connectivity index (χ4n) is 3.30. The number of anilines is 2. The number of nitrogens with zero attached hydrogens (tertiary/aromatic N) is 2. The highest BCUT2D eigenvalue weighted by molar-refractivity contribution is 5.97. The van der Waals surface area contributed by atoms with Crippen molar-refractivity contribution in [3.05, 3.63) is 64.2 Å². The third kappa shape index (κ3) is 5.54. The van der Waals surface area contributed by atoms with Crippen LogP contribution in [0.15, 0.2) is 48.5 Å². The zero-order valence-corrected chi connectivity index (χ0v) is 16.0. The smallest absolute Gasteiger partial charge is 0.345 e. The molecule has 2 aromatic rings. The van der Waals surface area contributed by atoms with Crippen LogP contribution >= 0.6 is 0 Å². The first-order valence-corrected chi connectivity index (χ1v) is 9.60. The SMILES string of the molecule is O=C(COC(=O)c1ccccc1[N+](=O)[O-])Nc1ccc(N2CCCCCC2)cc1. The lowest BCUT2D eigenvalue weighted by molar-refractivity contribution is -0.385. The number of benzene rings is 2. The lowest BCUT2D eigenvalue weighted by atomic mass is 10.2. The number of rotatable bonds is 6. The van der Waals surface area contributed by atoms with Crippen LogP contribution in [0.1, 0.15) is 36.0 Å². The van der Waals surface area contributed by atoms with Crippen LogP contribution in [0, 0.1) is 10.1 Å². The first-order chi connectivity index (χ1) is 14.0. The molecule has 1 amide bonds. The number of nitro groups is 1. The fraction of sp³-hybridized carbons (Fsp3) is 0.333. The van der Waals surface area contributed by atoms with E-state index in [-0.39, 0.29) is 11.3 Å². The maximum atomic E-state index is 12.1. The van der Waals surface area contributed by atoms with Gasteiger partial charge in [0.15, 0.2) is 6.61 Å². The van der Waals surface area contributed by atoms with Crippen molar-refractivity contribution in [2.45, 2.75) is 25.7 Å². The molecule has 0 aromatic heterocycles. The number of esters is 1. The summed E-state index contributed by atoms with van der Waals surface area (Å²) in [5.74, 6) is -1.43. The van der Waals surface area contributed by atoms with Crippen LogP contribution in [-0.4, -0.2) is 36.5 Å². The van der Waals surface area contributed by atoms with E-state index in [9.17, 15) is 19.7 Å². The summed E-state index contributed by atoms with van der Waals surface area (Å²) in [6.45, 7) is 1.54. The number of para-hydroxylation sites is 1. The third-order valence-electron chi connectivity index (χ3n) is 4.78. The average Bonchev–Trinajstić information content (AvgIpc) is 3.02. The van der Waals surface area contributed by atoms with Crippen molar-refractivity contribution in [2.24, 2.45) is 0 Å². The second-order valence-corrected chi connectivity index (χ2v) is 6.85. The van der Waals surface area contributed by atoms with Gasteiger partial charge >= 0.3 is 5.97 Å². The number of hydrogen-bond donors (Lipinski definition) is 1. The molecule has 0 unspecified atom stereocenters. The van der Waals surface area contributed by atoms with Gasteiger partial charge in [0.25, 0.3) is 11.6 Å². The quantitative estimate of drug-likeness (QED) is 0.452. The molecule has 0 aliphatic carbocycles. The molecule has 1 heterocycles. The summed E-state index contributed by atoms with van der Waals surface area (Å²) in [7, 11) is 0.